The Bertz CT molecular complexity index is 593. The van der Waals surface area contributed by atoms with Crippen LogP contribution in [0.25, 0.3) is 0 Å². The summed E-state index contributed by atoms with van der Waals surface area (Å²) in [5.74, 6) is 0.930. The normalized spacial score (nSPS) is 10.9. The van der Waals surface area contributed by atoms with E-state index in [2.05, 4.69) is 20.3 Å². The van der Waals surface area contributed by atoms with Crippen LogP contribution in [0.15, 0.2) is 16.5 Å². The predicted molar refractivity (Wildman–Crippen MR) is 73.4 cm³/mol. The van der Waals surface area contributed by atoms with E-state index >= 15 is 0 Å². The van der Waals surface area contributed by atoms with Crippen molar-refractivity contribution >= 4 is 28.8 Å². The van der Waals surface area contributed by atoms with Crippen molar-refractivity contribution in [1.82, 2.24) is 15.0 Å². The second-order valence-electron chi connectivity index (χ2n) is 4.11. The molecule has 0 saturated carbocycles. The highest BCUT2D eigenvalue weighted by Crippen LogP contribution is 2.27. The molecule has 0 aromatic carbocycles. The Kier molecular flexibility index (Phi) is 3.98. The molecule has 18 heavy (non-hydrogen) atoms. The van der Waals surface area contributed by atoms with Crippen LogP contribution >= 0.6 is 22.9 Å². The van der Waals surface area contributed by atoms with Crippen LogP contribution in [0.1, 0.15) is 31.0 Å². The van der Waals surface area contributed by atoms with Gasteiger partial charge in [-0.2, -0.15) is 0 Å². The van der Waals surface area contributed by atoms with Gasteiger partial charge >= 0.3 is 4.87 Å². The van der Waals surface area contributed by atoms with Gasteiger partial charge in [-0.1, -0.05) is 36.8 Å². The Morgan fingerprint density at radius 3 is 2.89 bits per heavy atom. The molecule has 0 amide bonds. The van der Waals surface area contributed by atoms with E-state index in [1.54, 1.807) is 5.38 Å². The summed E-state index contributed by atoms with van der Waals surface area (Å²) in [7, 11) is 0. The highest BCUT2D eigenvalue weighted by Gasteiger charge is 2.13. The summed E-state index contributed by atoms with van der Waals surface area (Å²) in [5.41, 5.74) is 1.71. The maximum Gasteiger partial charge on any atom is 0.304 e. The van der Waals surface area contributed by atoms with Crippen molar-refractivity contribution < 1.29 is 0 Å². The molecule has 2 heterocycles. The summed E-state index contributed by atoms with van der Waals surface area (Å²) >= 11 is 7.21. The van der Waals surface area contributed by atoms with E-state index in [-0.39, 0.29) is 10.8 Å². The third-order valence-electron chi connectivity index (χ3n) is 2.43. The summed E-state index contributed by atoms with van der Waals surface area (Å²) in [5, 5.41) is 5.41. The lowest BCUT2D eigenvalue weighted by atomic mass is 10.1. The van der Waals surface area contributed by atoms with Gasteiger partial charge in [-0.25, -0.2) is 9.97 Å². The van der Waals surface area contributed by atoms with Gasteiger partial charge in [0.1, 0.15) is 17.3 Å². The molecule has 0 aliphatic rings. The van der Waals surface area contributed by atoms with Gasteiger partial charge < -0.3 is 10.3 Å². The molecule has 96 valence electrons. The van der Waals surface area contributed by atoms with Crippen LogP contribution in [-0.4, -0.2) is 15.0 Å². The summed E-state index contributed by atoms with van der Waals surface area (Å²) < 4.78 is 0. The monoisotopic (exact) mass is 284 g/mol. The number of hydrogen-bond donors (Lipinski definition) is 2. The highest BCUT2D eigenvalue weighted by molar-refractivity contribution is 7.07. The number of thiazole rings is 1. The smallest absolute Gasteiger partial charge is 0.304 e. The molecule has 5 nitrogen and oxygen atoms in total. The molecular weight excluding hydrogens is 272 g/mol. The van der Waals surface area contributed by atoms with Crippen molar-refractivity contribution in [1.29, 1.82) is 0 Å². The van der Waals surface area contributed by atoms with E-state index in [9.17, 15) is 4.79 Å². The molecule has 2 rings (SSSR count). The Balaban J connectivity index is 2.19. The average Bonchev–Trinajstić information content (AvgIpc) is 2.72. The van der Waals surface area contributed by atoms with E-state index in [1.807, 2.05) is 13.8 Å². The molecule has 0 unspecified atom stereocenters. The fraction of sp³-hybridized carbons (Fsp3) is 0.364. The Morgan fingerprint density at radius 1 is 1.50 bits per heavy atom. The third kappa shape index (κ3) is 2.88. The molecule has 0 atom stereocenters. The molecule has 0 bridgehead atoms. The SMILES string of the molecule is CC(C)c1c(Cl)ncnc1NCc1csc(=O)[nH]1. The topological polar surface area (TPSA) is 70.7 Å². The van der Waals surface area contributed by atoms with E-state index in [1.165, 1.54) is 6.33 Å². The lowest BCUT2D eigenvalue weighted by Crippen LogP contribution is -2.08. The first-order chi connectivity index (χ1) is 8.58. The summed E-state index contributed by atoms with van der Waals surface area (Å²) in [4.78, 5) is 21.9. The number of anilines is 1. The Morgan fingerprint density at radius 2 is 2.28 bits per heavy atom. The zero-order chi connectivity index (χ0) is 13.1. The van der Waals surface area contributed by atoms with Crippen LogP contribution in [0.4, 0.5) is 5.82 Å². The fourth-order valence-electron chi connectivity index (χ4n) is 1.61. The summed E-state index contributed by atoms with van der Waals surface area (Å²) in [6.07, 6.45) is 1.42. The van der Waals surface area contributed by atoms with Crippen molar-refractivity contribution in [2.75, 3.05) is 5.32 Å². The molecule has 2 N–H and O–H groups in total. The lowest BCUT2D eigenvalue weighted by Gasteiger charge is -2.13. The average molecular weight is 285 g/mol. The molecule has 0 radical (unpaired) electrons. The molecule has 0 aliphatic carbocycles. The molecule has 2 aromatic heterocycles. The van der Waals surface area contributed by atoms with Crippen LogP contribution < -0.4 is 10.2 Å². The molecule has 0 spiro atoms. The van der Waals surface area contributed by atoms with Gasteiger partial charge in [0.2, 0.25) is 0 Å². The van der Waals surface area contributed by atoms with E-state index in [4.69, 9.17) is 11.6 Å². The second kappa shape index (κ2) is 5.49. The van der Waals surface area contributed by atoms with Crippen molar-refractivity contribution in [2.24, 2.45) is 0 Å². The van der Waals surface area contributed by atoms with Crippen LogP contribution in [-0.2, 0) is 6.54 Å². The first kappa shape index (κ1) is 13.0. The zero-order valence-electron chi connectivity index (χ0n) is 10.0. The first-order valence-corrected chi connectivity index (χ1v) is 6.74. The molecule has 0 fully saturated rings. The van der Waals surface area contributed by atoms with Gasteiger partial charge in [-0.05, 0) is 5.92 Å². The number of rotatable bonds is 4. The number of nitrogens with zero attached hydrogens (tertiary/aromatic N) is 2. The number of H-pyrrole nitrogens is 1. The van der Waals surface area contributed by atoms with Gasteiger partial charge in [-0.15, -0.1) is 0 Å². The molecule has 0 saturated heterocycles. The number of halogens is 1. The van der Waals surface area contributed by atoms with Crippen molar-refractivity contribution in [3.63, 3.8) is 0 Å². The highest BCUT2D eigenvalue weighted by atomic mass is 35.5. The fourth-order valence-corrected chi connectivity index (χ4v) is 2.54. The van der Waals surface area contributed by atoms with Crippen LogP contribution in [0.2, 0.25) is 5.15 Å². The van der Waals surface area contributed by atoms with E-state index in [0.29, 0.717) is 17.5 Å². The summed E-state index contributed by atoms with van der Waals surface area (Å²) in [6, 6.07) is 0. The minimum Gasteiger partial charge on any atom is -0.364 e. The molecule has 0 aliphatic heterocycles. The molecular formula is C11H13ClN4OS. The number of nitrogens with one attached hydrogen (secondary N) is 2. The Labute approximate surface area is 113 Å². The standard InChI is InChI=1S/C11H13ClN4OS/c1-6(2)8-9(12)14-5-15-10(8)13-3-7-4-18-11(17)16-7/h4-6H,3H2,1-2H3,(H,16,17)(H,13,14,15). The van der Waals surface area contributed by atoms with Gasteiger partial charge in [0.15, 0.2) is 0 Å². The van der Waals surface area contributed by atoms with Crippen molar-refractivity contribution in [2.45, 2.75) is 26.3 Å². The predicted octanol–water partition coefficient (Wildman–Crippen LogP) is 2.62. The lowest BCUT2D eigenvalue weighted by molar-refractivity contribution is 0.843. The van der Waals surface area contributed by atoms with E-state index < -0.39 is 0 Å². The van der Waals surface area contributed by atoms with Crippen molar-refractivity contribution in [3.05, 3.63) is 37.8 Å². The molecule has 2 aromatic rings. The minimum absolute atomic E-state index is 0.0587. The van der Waals surface area contributed by atoms with E-state index in [0.717, 1.165) is 22.6 Å². The van der Waals surface area contributed by atoms with Crippen molar-refractivity contribution in [3.8, 4) is 0 Å². The van der Waals surface area contributed by atoms with Gasteiger partial charge in [-0.3, -0.25) is 4.79 Å². The van der Waals surface area contributed by atoms with Gasteiger partial charge in [0.25, 0.3) is 0 Å². The number of aromatic nitrogens is 3. The maximum atomic E-state index is 11.0. The van der Waals surface area contributed by atoms with Crippen LogP contribution in [0.3, 0.4) is 0 Å². The minimum atomic E-state index is -0.0587. The maximum absolute atomic E-state index is 11.0. The van der Waals surface area contributed by atoms with Gasteiger partial charge in [0, 0.05) is 16.6 Å². The quantitative estimate of drug-likeness (QED) is 0.847. The third-order valence-corrected chi connectivity index (χ3v) is 3.45. The first-order valence-electron chi connectivity index (χ1n) is 5.49. The largest absolute Gasteiger partial charge is 0.364 e. The molecule has 7 heteroatoms. The summed E-state index contributed by atoms with van der Waals surface area (Å²) in [6.45, 7) is 4.57. The number of aromatic amines is 1. The van der Waals surface area contributed by atoms with Gasteiger partial charge in [0.05, 0.1) is 6.54 Å². The van der Waals surface area contributed by atoms with Crippen LogP contribution in [0, 0.1) is 0 Å². The number of hydrogen-bond acceptors (Lipinski definition) is 5. The van der Waals surface area contributed by atoms with Crippen LogP contribution in [0.5, 0.6) is 0 Å². The second-order valence-corrected chi connectivity index (χ2v) is 5.31. The zero-order valence-corrected chi connectivity index (χ0v) is 11.6. The Hall–Kier alpha value is -1.40.